The first-order valence-electron chi connectivity index (χ1n) is 7.90. The van der Waals surface area contributed by atoms with Crippen molar-refractivity contribution in [3.05, 3.63) is 47.5 Å². The van der Waals surface area contributed by atoms with Crippen LogP contribution in [0.5, 0.6) is 0 Å². The number of benzene rings is 1. The van der Waals surface area contributed by atoms with Crippen molar-refractivity contribution in [1.82, 2.24) is 14.5 Å². The molecule has 0 bridgehead atoms. The van der Waals surface area contributed by atoms with Crippen molar-refractivity contribution in [1.29, 1.82) is 0 Å². The van der Waals surface area contributed by atoms with E-state index < -0.39 is 0 Å². The molecule has 1 saturated heterocycles. The molecular weight excluding hydrogens is 312 g/mol. The van der Waals surface area contributed by atoms with Crippen LogP contribution in [0.1, 0.15) is 18.7 Å². The minimum atomic E-state index is -0.0809. The van der Waals surface area contributed by atoms with Crippen molar-refractivity contribution < 1.29 is 4.79 Å². The van der Waals surface area contributed by atoms with E-state index in [4.69, 9.17) is 11.6 Å². The Balaban J connectivity index is 1.60. The average molecular weight is 333 g/mol. The molecule has 6 heteroatoms. The Morgan fingerprint density at radius 2 is 2.26 bits per heavy atom. The van der Waals surface area contributed by atoms with Gasteiger partial charge in [-0.3, -0.25) is 0 Å². The van der Waals surface area contributed by atoms with Crippen LogP contribution in [0.15, 0.2) is 36.7 Å². The summed E-state index contributed by atoms with van der Waals surface area (Å²) in [7, 11) is 2.01. The number of halogens is 1. The zero-order valence-corrected chi connectivity index (χ0v) is 14.0. The van der Waals surface area contributed by atoms with Crippen LogP contribution in [0.2, 0.25) is 5.02 Å². The third kappa shape index (κ3) is 3.85. The van der Waals surface area contributed by atoms with Crippen LogP contribution < -0.4 is 5.32 Å². The lowest BCUT2D eigenvalue weighted by Gasteiger charge is -2.32. The number of para-hydroxylation sites is 1. The summed E-state index contributed by atoms with van der Waals surface area (Å²) in [5.74, 6) is 1.52. The van der Waals surface area contributed by atoms with Gasteiger partial charge in [0, 0.05) is 39.0 Å². The zero-order chi connectivity index (χ0) is 16.2. The van der Waals surface area contributed by atoms with Gasteiger partial charge in [-0.2, -0.15) is 0 Å². The topological polar surface area (TPSA) is 50.2 Å². The van der Waals surface area contributed by atoms with Gasteiger partial charge in [0.1, 0.15) is 5.82 Å². The van der Waals surface area contributed by atoms with E-state index in [1.54, 1.807) is 6.07 Å². The number of carbonyl (C=O) groups is 1. The molecule has 0 aliphatic carbocycles. The smallest absolute Gasteiger partial charge is 0.321 e. The number of piperidine rings is 1. The first kappa shape index (κ1) is 15.9. The van der Waals surface area contributed by atoms with Crippen LogP contribution in [-0.4, -0.2) is 33.6 Å². The minimum absolute atomic E-state index is 0.0809. The number of hydrogen-bond acceptors (Lipinski definition) is 2. The molecule has 1 N–H and O–H groups in total. The monoisotopic (exact) mass is 332 g/mol. The number of anilines is 1. The highest BCUT2D eigenvalue weighted by atomic mass is 35.5. The van der Waals surface area contributed by atoms with Crippen molar-refractivity contribution in [3.63, 3.8) is 0 Å². The summed E-state index contributed by atoms with van der Waals surface area (Å²) in [6, 6.07) is 7.22. The second-order valence-corrected chi connectivity index (χ2v) is 6.43. The Morgan fingerprint density at radius 3 is 3.00 bits per heavy atom. The van der Waals surface area contributed by atoms with E-state index in [1.165, 1.54) is 0 Å². The molecule has 1 atom stereocenters. The number of nitrogens with one attached hydrogen (secondary N) is 1. The third-order valence-corrected chi connectivity index (χ3v) is 4.64. The summed E-state index contributed by atoms with van der Waals surface area (Å²) in [6.45, 7) is 1.54. The lowest BCUT2D eigenvalue weighted by Crippen LogP contribution is -2.43. The summed E-state index contributed by atoms with van der Waals surface area (Å²) in [5.41, 5.74) is 0.658. The van der Waals surface area contributed by atoms with Gasteiger partial charge >= 0.3 is 6.03 Å². The summed E-state index contributed by atoms with van der Waals surface area (Å²) < 4.78 is 2.04. The predicted molar refractivity (Wildman–Crippen MR) is 91.7 cm³/mol. The molecule has 0 unspecified atom stereocenters. The average Bonchev–Trinajstić information content (AvgIpc) is 2.95. The quantitative estimate of drug-likeness (QED) is 0.934. The molecule has 5 nitrogen and oxygen atoms in total. The summed E-state index contributed by atoms with van der Waals surface area (Å²) >= 11 is 6.10. The van der Waals surface area contributed by atoms with Gasteiger partial charge in [0.2, 0.25) is 0 Å². The van der Waals surface area contributed by atoms with Gasteiger partial charge in [-0.15, -0.1) is 0 Å². The number of aryl methyl sites for hydroxylation is 1. The second-order valence-electron chi connectivity index (χ2n) is 6.02. The third-order valence-electron chi connectivity index (χ3n) is 4.31. The van der Waals surface area contributed by atoms with E-state index in [9.17, 15) is 4.79 Å². The molecule has 2 amide bonds. The fourth-order valence-electron chi connectivity index (χ4n) is 3.02. The van der Waals surface area contributed by atoms with Gasteiger partial charge in [-0.25, -0.2) is 9.78 Å². The number of aromatic nitrogens is 2. The van der Waals surface area contributed by atoms with Crippen molar-refractivity contribution >= 4 is 23.3 Å². The summed E-state index contributed by atoms with van der Waals surface area (Å²) in [5, 5.41) is 3.46. The molecule has 122 valence electrons. The number of amides is 2. The molecule has 1 fully saturated rings. The first-order valence-corrected chi connectivity index (χ1v) is 8.28. The Labute approximate surface area is 141 Å². The number of hydrogen-bond donors (Lipinski definition) is 1. The minimum Gasteiger partial charge on any atom is -0.338 e. The maximum Gasteiger partial charge on any atom is 0.321 e. The molecule has 0 spiro atoms. The van der Waals surface area contributed by atoms with Crippen molar-refractivity contribution in [2.45, 2.75) is 19.3 Å². The number of imidazole rings is 1. The number of nitrogens with zero attached hydrogens (tertiary/aromatic N) is 3. The molecule has 2 heterocycles. The van der Waals surface area contributed by atoms with Gasteiger partial charge in [0.05, 0.1) is 10.7 Å². The predicted octanol–water partition coefficient (Wildman–Crippen LogP) is 3.56. The molecule has 2 aromatic rings. The van der Waals surface area contributed by atoms with Gasteiger partial charge in [-0.1, -0.05) is 23.7 Å². The first-order chi connectivity index (χ1) is 11.1. The van der Waals surface area contributed by atoms with Crippen LogP contribution in [0, 0.1) is 5.92 Å². The molecule has 1 aromatic carbocycles. The van der Waals surface area contributed by atoms with Crippen LogP contribution in [0.3, 0.4) is 0 Å². The number of urea groups is 1. The fourth-order valence-corrected chi connectivity index (χ4v) is 3.21. The van der Waals surface area contributed by atoms with Crippen LogP contribution in [-0.2, 0) is 13.5 Å². The van der Waals surface area contributed by atoms with E-state index in [0.29, 0.717) is 16.6 Å². The molecule has 0 radical (unpaired) electrons. The van der Waals surface area contributed by atoms with Crippen molar-refractivity contribution in [2.75, 3.05) is 18.4 Å². The van der Waals surface area contributed by atoms with Crippen LogP contribution >= 0.6 is 11.6 Å². The highest BCUT2D eigenvalue weighted by Gasteiger charge is 2.25. The molecule has 3 rings (SSSR count). The highest BCUT2D eigenvalue weighted by molar-refractivity contribution is 6.33. The molecular formula is C17H21ClN4O. The van der Waals surface area contributed by atoms with E-state index in [2.05, 4.69) is 10.3 Å². The fraction of sp³-hybridized carbons (Fsp3) is 0.412. The van der Waals surface area contributed by atoms with Crippen molar-refractivity contribution in [3.8, 4) is 0 Å². The number of likely N-dealkylation sites (tertiary alicyclic amines) is 1. The number of carbonyl (C=O) groups excluding carboxylic acids is 1. The van der Waals surface area contributed by atoms with Gasteiger partial charge < -0.3 is 14.8 Å². The second kappa shape index (κ2) is 7.04. The number of rotatable bonds is 3. The van der Waals surface area contributed by atoms with Gasteiger partial charge in [0.15, 0.2) is 0 Å². The lowest BCUT2D eigenvalue weighted by molar-refractivity contribution is 0.176. The van der Waals surface area contributed by atoms with E-state index in [0.717, 1.165) is 38.2 Å². The lowest BCUT2D eigenvalue weighted by atomic mass is 9.94. The van der Waals surface area contributed by atoms with Gasteiger partial charge in [0.25, 0.3) is 0 Å². The molecule has 0 saturated carbocycles. The van der Waals surface area contributed by atoms with E-state index >= 15 is 0 Å². The van der Waals surface area contributed by atoms with Crippen molar-refractivity contribution in [2.24, 2.45) is 13.0 Å². The Morgan fingerprint density at radius 1 is 1.43 bits per heavy atom. The summed E-state index contributed by atoms with van der Waals surface area (Å²) in [6.07, 6.45) is 6.83. The zero-order valence-electron chi connectivity index (χ0n) is 13.2. The Kier molecular flexibility index (Phi) is 4.86. The highest BCUT2D eigenvalue weighted by Crippen LogP contribution is 2.23. The van der Waals surface area contributed by atoms with E-state index in [1.807, 2.05) is 47.1 Å². The normalized spacial score (nSPS) is 18.0. The molecule has 1 aromatic heterocycles. The molecule has 1 aliphatic rings. The maximum absolute atomic E-state index is 12.5. The summed E-state index contributed by atoms with van der Waals surface area (Å²) in [4.78, 5) is 18.7. The van der Waals surface area contributed by atoms with Crippen LogP contribution in [0.4, 0.5) is 10.5 Å². The standard InChI is InChI=1S/C17H21ClN4O/c1-21-10-8-19-16(21)11-13-5-4-9-22(12-13)17(23)20-15-7-3-2-6-14(15)18/h2-3,6-8,10,13H,4-5,9,11-12H2,1H3,(H,20,23)/t13-/m0/s1. The largest absolute Gasteiger partial charge is 0.338 e. The van der Waals surface area contributed by atoms with E-state index in [-0.39, 0.29) is 6.03 Å². The SMILES string of the molecule is Cn1ccnc1C[C@@H]1CCCN(C(=O)Nc2ccccc2Cl)C1. The Bertz CT molecular complexity index is 685. The molecule has 1 aliphatic heterocycles. The molecule has 23 heavy (non-hydrogen) atoms. The maximum atomic E-state index is 12.5. The van der Waals surface area contributed by atoms with Crippen LogP contribution in [0.25, 0.3) is 0 Å². The Hall–Kier alpha value is -2.01. The van der Waals surface area contributed by atoms with Gasteiger partial charge in [-0.05, 0) is 30.9 Å².